The molecule has 1 aliphatic carbocycles. The van der Waals surface area contributed by atoms with E-state index in [2.05, 4.69) is 39.0 Å². The van der Waals surface area contributed by atoms with Crippen molar-refractivity contribution in [3.63, 3.8) is 0 Å². The molecule has 1 aromatic heterocycles. The van der Waals surface area contributed by atoms with Gasteiger partial charge in [-0.25, -0.2) is 0 Å². The molecule has 1 heterocycles. The molecule has 0 spiro atoms. The van der Waals surface area contributed by atoms with Crippen molar-refractivity contribution in [2.45, 2.75) is 44.4 Å². The lowest BCUT2D eigenvalue weighted by atomic mass is 9.90. The molecule has 2 heteroatoms. The summed E-state index contributed by atoms with van der Waals surface area (Å²) >= 11 is 0. The Morgan fingerprint density at radius 3 is 2.47 bits per heavy atom. The van der Waals surface area contributed by atoms with Crippen LogP contribution in [-0.4, -0.2) is 11.5 Å². The number of hydrogen-bond donors (Lipinski definition) is 1. The molecule has 1 fully saturated rings. The summed E-state index contributed by atoms with van der Waals surface area (Å²) in [5, 5.41) is 0. The van der Waals surface area contributed by atoms with Crippen molar-refractivity contribution in [1.82, 2.24) is 4.98 Å². The van der Waals surface area contributed by atoms with Gasteiger partial charge in [0.1, 0.15) is 0 Å². The average molecular weight is 204 g/mol. The van der Waals surface area contributed by atoms with Crippen LogP contribution in [0.15, 0.2) is 18.2 Å². The molecule has 0 radical (unpaired) electrons. The molecule has 0 unspecified atom stereocenters. The van der Waals surface area contributed by atoms with Gasteiger partial charge in [-0.2, -0.15) is 0 Å². The quantitative estimate of drug-likeness (QED) is 0.803. The van der Waals surface area contributed by atoms with Crippen LogP contribution in [0.3, 0.4) is 0 Å². The van der Waals surface area contributed by atoms with E-state index in [4.69, 9.17) is 10.7 Å². The van der Waals surface area contributed by atoms with Gasteiger partial charge in [0.05, 0.1) is 0 Å². The van der Waals surface area contributed by atoms with E-state index in [-0.39, 0.29) is 10.8 Å². The summed E-state index contributed by atoms with van der Waals surface area (Å²) in [5.74, 6) is 0. The van der Waals surface area contributed by atoms with E-state index in [1.54, 1.807) is 0 Å². The number of nitrogens with zero attached hydrogens (tertiary/aromatic N) is 1. The van der Waals surface area contributed by atoms with Crippen molar-refractivity contribution in [3.05, 3.63) is 29.6 Å². The minimum atomic E-state index is 0.126. The zero-order valence-corrected chi connectivity index (χ0v) is 9.88. The van der Waals surface area contributed by atoms with E-state index < -0.39 is 0 Å². The Balaban J connectivity index is 2.35. The predicted octanol–water partition coefficient (Wildman–Crippen LogP) is 2.37. The van der Waals surface area contributed by atoms with Crippen molar-refractivity contribution in [2.24, 2.45) is 5.73 Å². The van der Waals surface area contributed by atoms with Crippen LogP contribution in [0, 0.1) is 0 Å². The number of pyridine rings is 1. The summed E-state index contributed by atoms with van der Waals surface area (Å²) in [6.45, 7) is 7.32. The fraction of sp³-hybridized carbons (Fsp3) is 0.615. The first kappa shape index (κ1) is 10.6. The Morgan fingerprint density at radius 1 is 1.33 bits per heavy atom. The van der Waals surface area contributed by atoms with Gasteiger partial charge in [-0.15, -0.1) is 0 Å². The summed E-state index contributed by atoms with van der Waals surface area (Å²) < 4.78 is 0. The van der Waals surface area contributed by atoms with Gasteiger partial charge >= 0.3 is 0 Å². The summed E-state index contributed by atoms with van der Waals surface area (Å²) in [5.41, 5.74) is 8.51. The minimum Gasteiger partial charge on any atom is -0.330 e. The smallest absolute Gasteiger partial charge is 0.0481 e. The van der Waals surface area contributed by atoms with Gasteiger partial charge in [-0.1, -0.05) is 26.8 Å². The molecule has 2 N–H and O–H groups in total. The molecular formula is C13H20N2. The Labute approximate surface area is 91.9 Å². The molecule has 2 rings (SSSR count). The average Bonchev–Trinajstić information content (AvgIpc) is 2.97. The minimum absolute atomic E-state index is 0.126. The van der Waals surface area contributed by atoms with Gasteiger partial charge in [0.2, 0.25) is 0 Å². The Bertz CT molecular complexity index is 359. The second-order valence-corrected chi connectivity index (χ2v) is 5.64. The van der Waals surface area contributed by atoms with Crippen LogP contribution in [0.25, 0.3) is 0 Å². The molecular weight excluding hydrogens is 184 g/mol. The normalized spacial score (nSPS) is 18.9. The van der Waals surface area contributed by atoms with E-state index in [1.165, 1.54) is 24.2 Å². The SMILES string of the molecule is CC(C)(C)c1cccc(C2(CN)CC2)n1. The second kappa shape index (κ2) is 3.31. The van der Waals surface area contributed by atoms with E-state index in [9.17, 15) is 0 Å². The summed E-state index contributed by atoms with van der Waals surface area (Å²) in [4.78, 5) is 4.77. The van der Waals surface area contributed by atoms with Gasteiger partial charge < -0.3 is 5.73 Å². The van der Waals surface area contributed by atoms with E-state index >= 15 is 0 Å². The van der Waals surface area contributed by atoms with E-state index in [0.717, 1.165) is 6.54 Å². The maximum atomic E-state index is 5.82. The Hall–Kier alpha value is -0.890. The molecule has 1 aromatic rings. The molecule has 0 bridgehead atoms. The highest BCUT2D eigenvalue weighted by Gasteiger charge is 2.44. The van der Waals surface area contributed by atoms with Crippen LogP contribution in [-0.2, 0) is 10.8 Å². The molecule has 1 aliphatic rings. The molecule has 0 atom stereocenters. The van der Waals surface area contributed by atoms with Crippen LogP contribution in [0.2, 0.25) is 0 Å². The predicted molar refractivity (Wildman–Crippen MR) is 62.9 cm³/mol. The second-order valence-electron chi connectivity index (χ2n) is 5.64. The first-order valence-corrected chi connectivity index (χ1v) is 5.66. The van der Waals surface area contributed by atoms with Gasteiger partial charge in [-0.3, -0.25) is 4.98 Å². The molecule has 2 nitrogen and oxygen atoms in total. The molecule has 1 saturated carbocycles. The monoisotopic (exact) mass is 204 g/mol. The first-order chi connectivity index (χ1) is 6.98. The summed E-state index contributed by atoms with van der Waals surface area (Å²) in [6.07, 6.45) is 2.40. The third-order valence-corrected chi connectivity index (χ3v) is 3.31. The maximum absolute atomic E-state index is 5.82. The van der Waals surface area contributed by atoms with E-state index in [0.29, 0.717) is 0 Å². The summed E-state index contributed by atoms with van der Waals surface area (Å²) in [6, 6.07) is 6.34. The molecule has 0 aromatic carbocycles. The van der Waals surface area contributed by atoms with Gasteiger partial charge in [0, 0.05) is 28.8 Å². The van der Waals surface area contributed by atoms with E-state index in [1.807, 2.05) is 0 Å². The maximum Gasteiger partial charge on any atom is 0.0481 e. The van der Waals surface area contributed by atoms with Crippen LogP contribution < -0.4 is 5.73 Å². The van der Waals surface area contributed by atoms with Crippen molar-refractivity contribution in [3.8, 4) is 0 Å². The van der Waals surface area contributed by atoms with Gasteiger partial charge in [0.25, 0.3) is 0 Å². The number of aromatic nitrogens is 1. The molecule has 0 aliphatic heterocycles. The first-order valence-electron chi connectivity index (χ1n) is 5.66. The van der Waals surface area contributed by atoms with Gasteiger partial charge in [0.15, 0.2) is 0 Å². The van der Waals surface area contributed by atoms with Crippen LogP contribution in [0.1, 0.15) is 45.0 Å². The van der Waals surface area contributed by atoms with Crippen LogP contribution >= 0.6 is 0 Å². The van der Waals surface area contributed by atoms with Crippen molar-refractivity contribution in [2.75, 3.05) is 6.54 Å². The van der Waals surface area contributed by atoms with Crippen molar-refractivity contribution < 1.29 is 0 Å². The lowest BCUT2D eigenvalue weighted by molar-refractivity contribution is 0.557. The van der Waals surface area contributed by atoms with Crippen LogP contribution in [0.4, 0.5) is 0 Å². The third-order valence-electron chi connectivity index (χ3n) is 3.31. The fourth-order valence-corrected chi connectivity index (χ4v) is 1.86. The highest BCUT2D eigenvalue weighted by Crippen LogP contribution is 2.46. The number of hydrogen-bond acceptors (Lipinski definition) is 2. The summed E-state index contributed by atoms with van der Waals surface area (Å²) in [7, 11) is 0. The molecule has 82 valence electrons. The highest BCUT2D eigenvalue weighted by molar-refractivity contribution is 5.28. The molecule has 15 heavy (non-hydrogen) atoms. The highest BCUT2D eigenvalue weighted by atomic mass is 14.8. The fourth-order valence-electron chi connectivity index (χ4n) is 1.86. The number of nitrogens with two attached hydrogens (primary N) is 1. The Kier molecular flexibility index (Phi) is 2.34. The third kappa shape index (κ3) is 1.91. The van der Waals surface area contributed by atoms with Gasteiger partial charge in [-0.05, 0) is 25.0 Å². The zero-order valence-electron chi connectivity index (χ0n) is 9.88. The largest absolute Gasteiger partial charge is 0.330 e. The van der Waals surface area contributed by atoms with Crippen LogP contribution in [0.5, 0.6) is 0 Å². The number of rotatable bonds is 2. The molecule has 0 amide bonds. The standard InChI is InChI=1S/C13H20N2/c1-12(2,3)10-5-4-6-11(15-10)13(9-14)7-8-13/h4-6H,7-9,14H2,1-3H3. The Morgan fingerprint density at radius 2 is 2.00 bits per heavy atom. The topological polar surface area (TPSA) is 38.9 Å². The van der Waals surface area contributed by atoms with Crippen molar-refractivity contribution >= 4 is 0 Å². The van der Waals surface area contributed by atoms with Crippen molar-refractivity contribution in [1.29, 1.82) is 0 Å². The lowest BCUT2D eigenvalue weighted by Crippen LogP contribution is -2.23. The zero-order chi connectivity index (χ0) is 11.1. The lowest BCUT2D eigenvalue weighted by Gasteiger charge is -2.20. The molecule has 0 saturated heterocycles.